The number of hydrogen-bond acceptors (Lipinski definition) is 9. The molecule has 4 N–H and O–H groups in total. The second-order valence-electron chi connectivity index (χ2n) is 20.5. The van der Waals surface area contributed by atoms with Gasteiger partial charge in [-0.3, -0.25) is 14.6 Å². The molecule has 2 aromatic carbocycles. The molecule has 11 heteroatoms. The summed E-state index contributed by atoms with van der Waals surface area (Å²) in [5.41, 5.74) is 17.7. The summed E-state index contributed by atoms with van der Waals surface area (Å²) < 4.78 is 12.0. The second-order valence-corrected chi connectivity index (χ2v) is 20.5. The maximum atomic E-state index is 16.2. The fraction of sp³-hybridized carbons (Fsp3) is 0.509. The molecule has 0 spiro atoms. The molecule has 4 aromatic heterocycles. The molecule has 0 aliphatic carbocycles. The van der Waals surface area contributed by atoms with Crippen LogP contribution in [0.25, 0.3) is 44.3 Å². The minimum absolute atomic E-state index is 0.166. The van der Waals surface area contributed by atoms with E-state index in [-0.39, 0.29) is 23.9 Å². The van der Waals surface area contributed by atoms with E-state index in [2.05, 4.69) is 93.0 Å². The van der Waals surface area contributed by atoms with E-state index in [0.29, 0.717) is 17.9 Å². The van der Waals surface area contributed by atoms with Gasteiger partial charge in [0.25, 0.3) is 0 Å². The van der Waals surface area contributed by atoms with Gasteiger partial charge in [0, 0.05) is 111 Å². The normalized spacial score (nSPS) is 23.4. The lowest BCUT2D eigenvalue weighted by atomic mass is 9.77. The predicted octanol–water partition coefficient (Wildman–Crippen LogP) is 8.81. The standard InChI is InChI=1S/C55H66N8O3/c1-33-27-58-54-43(33)25-41(29-60-54)39-21-37-7-15-62(31-47(37)45(23-39)49-5-3-13-56-49)51(35-9-17-65-18-10-35)53(64)52(36-11-19-66-20-12-36)63-16-8-38-22-40(24-46(48(38)32-63)50-6-4-14-57-50)42-26-44-34(2)28-59-55(44)61-30-42/h21-30,35-36,49-52,56-57H,3-20,31-32H2,1-2H3,(H,58,60)(H,59,61)/t49?,50?,51-,52-/m0/s1. The Hall–Kier alpha value is -4.75. The van der Waals surface area contributed by atoms with E-state index >= 15 is 4.79 Å². The molecular formula is C55H66N8O3. The molecule has 0 amide bonds. The second kappa shape index (κ2) is 18.1. The highest BCUT2D eigenvalue weighted by Gasteiger charge is 2.45. The number of hydrogen-bond donors (Lipinski definition) is 4. The van der Waals surface area contributed by atoms with Crippen molar-refractivity contribution >= 4 is 27.9 Å². The fourth-order valence-electron chi connectivity index (χ4n) is 13.0. The van der Waals surface area contributed by atoms with Crippen molar-refractivity contribution in [1.82, 2.24) is 40.4 Å². The number of pyridine rings is 2. The van der Waals surface area contributed by atoms with Gasteiger partial charge in [-0.25, -0.2) is 9.97 Å². The van der Waals surface area contributed by atoms with Crippen LogP contribution in [0.1, 0.15) is 108 Å². The molecule has 0 radical (unpaired) electrons. The van der Waals surface area contributed by atoms with Crippen LogP contribution in [0, 0.1) is 25.7 Å². The van der Waals surface area contributed by atoms with Crippen LogP contribution in [0.3, 0.4) is 0 Å². The third-order valence-electron chi connectivity index (χ3n) is 16.6. The topological polar surface area (TPSA) is 123 Å². The zero-order valence-corrected chi connectivity index (χ0v) is 38.9. The number of nitrogens with zero attached hydrogens (tertiary/aromatic N) is 4. The minimum atomic E-state index is -0.166. The first kappa shape index (κ1) is 42.6. The smallest absolute Gasteiger partial charge is 0.167 e. The summed E-state index contributed by atoms with van der Waals surface area (Å²) in [4.78, 5) is 37.8. The number of nitrogens with one attached hydrogen (secondary N) is 4. The number of Topliss-reactive ketones (excluding diaryl/α,β-unsaturated/α-hetero) is 1. The predicted molar refractivity (Wildman–Crippen MR) is 260 cm³/mol. The SMILES string of the molecule is Cc1c[nH]c2ncc(-c3cc4c(c(C5CCCN5)c3)CN([C@H](C(=O)[C@H](C3CCOCC3)N3CCc5cc(-c6cnc7[nH]cc(C)c7c6)cc(C6CCCN6)c5C3)C3CCOCC3)CC4)cc12. The number of aromatic amines is 2. The molecule has 66 heavy (non-hydrogen) atoms. The molecule has 11 nitrogen and oxygen atoms in total. The quantitative estimate of drug-likeness (QED) is 0.107. The Balaban J connectivity index is 0.897. The number of H-pyrrole nitrogens is 2. The maximum Gasteiger partial charge on any atom is 0.167 e. The number of rotatable bonds is 10. The Kier molecular flexibility index (Phi) is 11.6. The molecule has 6 aliphatic rings. The molecule has 0 bridgehead atoms. The van der Waals surface area contributed by atoms with E-state index in [0.717, 1.165) is 128 Å². The van der Waals surface area contributed by atoms with Gasteiger partial charge in [0.2, 0.25) is 0 Å². The van der Waals surface area contributed by atoms with Gasteiger partial charge in [0.05, 0.1) is 12.1 Å². The molecule has 6 aromatic rings. The molecule has 12 rings (SSSR count). The van der Waals surface area contributed by atoms with Gasteiger partial charge in [-0.2, -0.15) is 0 Å². The number of aromatic nitrogens is 4. The third-order valence-corrected chi connectivity index (χ3v) is 16.6. The number of ether oxygens (including phenoxy) is 2. The van der Waals surface area contributed by atoms with Crippen molar-refractivity contribution in [3.8, 4) is 22.3 Å². The Morgan fingerprint density at radius 2 is 1.06 bits per heavy atom. The maximum absolute atomic E-state index is 16.2. The first-order valence-corrected chi connectivity index (χ1v) is 25.3. The van der Waals surface area contributed by atoms with E-state index in [4.69, 9.17) is 19.4 Å². The molecule has 2 unspecified atom stereocenters. The highest BCUT2D eigenvalue weighted by molar-refractivity contribution is 5.90. The van der Waals surface area contributed by atoms with E-state index < -0.39 is 0 Å². The summed E-state index contributed by atoms with van der Waals surface area (Å²) in [6, 6.07) is 14.7. The first-order valence-electron chi connectivity index (χ1n) is 25.3. The Morgan fingerprint density at radius 3 is 1.48 bits per heavy atom. The van der Waals surface area contributed by atoms with E-state index in [1.54, 1.807) is 0 Å². The van der Waals surface area contributed by atoms with Crippen LogP contribution in [-0.4, -0.2) is 100 Å². The first-order chi connectivity index (χ1) is 32.4. The number of fused-ring (bicyclic) bond motifs is 4. The molecule has 10 heterocycles. The van der Waals surface area contributed by atoms with Crippen LogP contribution in [0.4, 0.5) is 0 Å². The van der Waals surface area contributed by atoms with E-state index in [9.17, 15) is 0 Å². The van der Waals surface area contributed by atoms with Crippen LogP contribution in [0.2, 0.25) is 0 Å². The van der Waals surface area contributed by atoms with Crippen molar-refractivity contribution < 1.29 is 14.3 Å². The van der Waals surface area contributed by atoms with Crippen molar-refractivity contribution in [2.24, 2.45) is 11.8 Å². The van der Waals surface area contributed by atoms with E-state index in [1.807, 2.05) is 12.4 Å². The molecular weight excluding hydrogens is 821 g/mol. The van der Waals surface area contributed by atoms with Crippen molar-refractivity contribution in [1.29, 1.82) is 0 Å². The van der Waals surface area contributed by atoms with Gasteiger partial charge >= 0.3 is 0 Å². The number of carbonyl (C=O) groups is 1. The Bertz CT molecular complexity index is 2570. The lowest BCUT2D eigenvalue weighted by Crippen LogP contribution is -2.59. The number of benzene rings is 2. The van der Waals surface area contributed by atoms with Crippen LogP contribution in [0.15, 0.2) is 61.2 Å². The molecule has 4 saturated heterocycles. The largest absolute Gasteiger partial charge is 0.381 e. The molecule has 6 aliphatic heterocycles. The van der Waals surface area contributed by atoms with E-state index in [1.165, 1.54) is 90.4 Å². The van der Waals surface area contributed by atoms with Crippen LogP contribution >= 0.6 is 0 Å². The van der Waals surface area contributed by atoms with Gasteiger partial charge in [-0.15, -0.1) is 0 Å². The Morgan fingerprint density at radius 1 is 0.606 bits per heavy atom. The summed E-state index contributed by atoms with van der Waals surface area (Å²) in [6.45, 7) is 12.6. The summed E-state index contributed by atoms with van der Waals surface area (Å²) in [5.74, 6) is 0.965. The fourth-order valence-corrected chi connectivity index (χ4v) is 13.0. The number of carbonyl (C=O) groups excluding carboxylic acids is 1. The van der Waals surface area contributed by atoms with Crippen LogP contribution < -0.4 is 10.6 Å². The summed E-state index contributed by atoms with van der Waals surface area (Å²) in [6.07, 6.45) is 18.4. The van der Waals surface area contributed by atoms with Gasteiger partial charge in [-0.1, -0.05) is 12.1 Å². The van der Waals surface area contributed by atoms with Crippen molar-refractivity contribution in [3.05, 3.63) is 106 Å². The van der Waals surface area contributed by atoms with Crippen LogP contribution in [0.5, 0.6) is 0 Å². The zero-order valence-electron chi connectivity index (χ0n) is 38.9. The molecule has 4 atom stereocenters. The highest BCUT2D eigenvalue weighted by Crippen LogP contribution is 2.42. The zero-order chi connectivity index (χ0) is 44.3. The van der Waals surface area contributed by atoms with Crippen molar-refractivity contribution in [3.63, 3.8) is 0 Å². The molecule has 344 valence electrons. The monoisotopic (exact) mass is 887 g/mol. The molecule has 0 saturated carbocycles. The minimum Gasteiger partial charge on any atom is -0.381 e. The van der Waals surface area contributed by atoms with Gasteiger partial charge in [-0.05, 0) is 183 Å². The lowest BCUT2D eigenvalue weighted by molar-refractivity contribution is -0.138. The van der Waals surface area contributed by atoms with Gasteiger partial charge < -0.3 is 30.1 Å². The van der Waals surface area contributed by atoms with Gasteiger partial charge in [0.15, 0.2) is 5.78 Å². The average molecular weight is 887 g/mol. The van der Waals surface area contributed by atoms with Gasteiger partial charge in [0.1, 0.15) is 11.3 Å². The lowest BCUT2D eigenvalue weighted by Gasteiger charge is -2.47. The summed E-state index contributed by atoms with van der Waals surface area (Å²) in [7, 11) is 0. The summed E-state index contributed by atoms with van der Waals surface area (Å²) in [5, 5.41) is 10.1. The molecule has 4 fully saturated rings. The average Bonchev–Trinajstić information content (AvgIpc) is 4.22. The highest BCUT2D eigenvalue weighted by atomic mass is 16.5. The number of ketones is 1. The number of aryl methyl sites for hydroxylation is 2. The summed E-state index contributed by atoms with van der Waals surface area (Å²) >= 11 is 0. The van der Waals surface area contributed by atoms with Crippen molar-refractivity contribution in [2.45, 2.75) is 115 Å². The Labute approximate surface area is 388 Å². The van der Waals surface area contributed by atoms with Crippen molar-refractivity contribution in [2.75, 3.05) is 52.6 Å². The third kappa shape index (κ3) is 7.93. The van der Waals surface area contributed by atoms with Crippen LogP contribution in [-0.2, 0) is 40.2 Å².